The number of anilines is 1. The van der Waals surface area contributed by atoms with Gasteiger partial charge in [0.15, 0.2) is 0 Å². The van der Waals surface area contributed by atoms with Crippen molar-refractivity contribution in [3.05, 3.63) is 29.8 Å². The van der Waals surface area contributed by atoms with Crippen LogP contribution in [0, 0.1) is 0 Å². The Kier molecular flexibility index (Phi) is 2.26. The minimum atomic E-state index is 0.164. The van der Waals surface area contributed by atoms with E-state index >= 15 is 0 Å². The number of guanidine groups is 1. The van der Waals surface area contributed by atoms with Crippen molar-refractivity contribution in [3.8, 4) is 0 Å². The summed E-state index contributed by atoms with van der Waals surface area (Å²) >= 11 is 0. The first kappa shape index (κ1) is 8.87. The molecule has 4 nitrogen and oxygen atoms in total. The molecule has 0 fully saturated rings. The SMILES string of the molecule is NC(=NO)N1CCCc2ccccc21. The van der Waals surface area contributed by atoms with Gasteiger partial charge in [-0.1, -0.05) is 23.4 Å². The van der Waals surface area contributed by atoms with Crippen molar-refractivity contribution in [2.24, 2.45) is 10.9 Å². The number of rotatable bonds is 0. The third kappa shape index (κ3) is 1.39. The van der Waals surface area contributed by atoms with E-state index in [0.29, 0.717) is 0 Å². The second-order valence-corrected chi connectivity index (χ2v) is 3.34. The molecular weight excluding hydrogens is 178 g/mol. The summed E-state index contributed by atoms with van der Waals surface area (Å²) in [7, 11) is 0. The smallest absolute Gasteiger partial charge is 0.237 e. The predicted octanol–water partition coefficient (Wildman–Crippen LogP) is 1.14. The van der Waals surface area contributed by atoms with Crippen molar-refractivity contribution in [1.29, 1.82) is 0 Å². The van der Waals surface area contributed by atoms with E-state index in [-0.39, 0.29) is 5.96 Å². The van der Waals surface area contributed by atoms with Crippen molar-refractivity contribution < 1.29 is 5.21 Å². The van der Waals surface area contributed by atoms with E-state index in [0.717, 1.165) is 25.1 Å². The van der Waals surface area contributed by atoms with E-state index in [1.54, 1.807) is 0 Å². The summed E-state index contributed by atoms with van der Waals surface area (Å²) in [5, 5.41) is 11.7. The third-order valence-corrected chi connectivity index (χ3v) is 2.49. The van der Waals surface area contributed by atoms with Gasteiger partial charge in [-0.25, -0.2) is 0 Å². The lowest BCUT2D eigenvalue weighted by molar-refractivity contribution is 0.317. The largest absolute Gasteiger partial charge is 0.408 e. The summed E-state index contributed by atoms with van der Waals surface area (Å²) in [6.07, 6.45) is 2.10. The number of aryl methyl sites for hydroxylation is 1. The van der Waals surface area contributed by atoms with Crippen molar-refractivity contribution in [1.82, 2.24) is 0 Å². The van der Waals surface area contributed by atoms with Crippen LogP contribution in [0.5, 0.6) is 0 Å². The number of hydrogen-bond donors (Lipinski definition) is 2. The maximum Gasteiger partial charge on any atom is 0.237 e. The average molecular weight is 191 g/mol. The molecule has 2 rings (SSSR count). The van der Waals surface area contributed by atoms with Gasteiger partial charge in [-0.05, 0) is 24.5 Å². The Balaban J connectivity index is 2.40. The maximum absolute atomic E-state index is 8.63. The van der Waals surface area contributed by atoms with Gasteiger partial charge >= 0.3 is 0 Å². The Morgan fingerprint density at radius 2 is 2.21 bits per heavy atom. The van der Waals surface area contributed by atoms with Gasteiger partial charge in [0, 0.05) is 12.2 Å². The molecule has 0 aromatic heterocycles. The van der Waals surface area contributed by atoms with E-state index in [9.17, 15) is 0 Å². The number of nitrogens with two attached hydrogens (primary N) is 1. The van der Waals surface area contributed by atoms with Crippen LogP contribution in [0.1, 0.15) is 12.0 Å². The second kappa shape index (κ2) is 3.57. The van der Waals surface area contributed by atoms with Crippen LogP contribution < -0.4 is 10.6 Å². The highest BCUT2D eigenvalue weighted by atomic mass is 16.4. The Bertz CT molecular complexity index is 362. The lowest BCUT2D eigenvalue weighted by Crippen LogP contribution is -2.40. The summed E-state index contributed by atoms with van der Waals surface area (Å²) in [6, 6.07) is 8.04. The monoisotopic (exact) mass is 191 g/mol. The highest BCUT2D eigenvalue weighted by Gasteiger charge is 2.18. The van der Waals surface area contributed by atoms with Gasteiger partial charge in [-0.2, -0.15) is 0 Å². The fraction of sp³-hybridized carbons (Fsp3) is 0.300. The lowest BCUT2D eigenvalue weighted by Gasteiger charge is -2.29. The van der Waals surface area contributed by atoms with E-state index in [2.05, 4.69) is 11.2 Å². The normalized spacial score (nSPS) is 16.6. The molecule has 3 N–H and O–H groups in total. The summed E-state index contributed by atoms with van der Waals surface area (Å²) in [4.78, 5) is 1.83. The van der Waals surface area contributed by atoms with E-state index in [1.807, 2.05) is 23.1 Å². The highest BCUT2D eigenvalue weighted by molar-refractivity contribution is 5.95. The van der Waals surface area contributed by atoms with Gasteiger partial charge in [0.25, 0.3) is 0 Å². The average Bonchev–Trinajstić information content (AvgIpc) is 2.27. The zero-order valence-corrected chi connectivity index (χ0v) is 7.85. The number of para-hydroxylation sites is 1. The second-order valence-electron chi connectivity index (χ2n) is 3.34. The van der Waals surface area contributed by atoms with E-state index in [4.69, 9.17) is 10.9 Å². The fourth-order valence-corrected chi connectivity index (χ4v) is 1.83. The number of benzene rings is 1. The quantitative estimate of drug-likeness (QED) is 0.280. The van der Waals surface area contributed by atoms with E-state index in [1.165, 1.54) is 5.56 Å². The van der Waals surface area contributed by atoms with Gasteiger partial charge in [-0.15, -0.1) is 0 Å². The zero-order chi connectivity index (χ0) is 9.97. The molecule has 1 aromatic rings. The molecule has 74 valence electrons. The van der Waals surface area contributed by atoms with Crippen molar-refractivity contribution in [3.63, 3.8) is 0 Å². The van der Waals surface area contributed by atoms with Crippen molar-refractivity contribution in [2.75, 3.05) is 11.4 Å². The first-order valence-electron chi connectivity index (χ1n) is 4.66. The van der Waals surface area contributed by atoms with Crippen LogP contribution in [0.3, 0.4) is 0 Å². The Morgan fingerprint density at radius 3 is 3.00 bits per heavy atom. The maximum atomic E-state index is 8.63. The number of hydrogen-bond acceptors (Lipinski definition) is 2. The molecule has 0 saturated heterocycles. The molecule has 0 aliphatic carbocycles. The molecule has 4 heteroatoms. The molecule has 14 heavy (non-hydrogen) atoms. The molecule has 0 amide bonds. The molecular formula is C10H13N3O. The van der Waals surface area contributed by atoms with Crippen LogP contribution in [0.25, 0.3) is 0 Å². The predicted molar refractivity (Wildman–Crippen MR) is 55.5 cm³/mol. The van der Waals surface area contributed by atoms with Gasteiger partial charge in [0.1, 0.15) is 0 Å². The molecule has 1 heterocycles. The van der Waals surface area contributed by atoms with Crippen molar-refractivity contribution >= 4 is 11.6 Å². The molecule has 0 radical (unpaired) electrons. The lowest BCUT2D eigenvalue weighted by atomic mass is 10.0. The molecule has 0 atom stereocenters. The van der Waals surface area contributed by atoms with Crippen LogP contribution in [-0.2, 0) is 6.42 Å². The van der Waals surface area contributed by atoms with E-state index < -0.39 is 0 Å². The Labute approximate surface area is 82.6 Å². The van der Waals surface area contributed by atoms with Crippen LogP contribution in [0.2, 0.25) is 0 Å². The Morgan fingerprint density at radius 1 is 1.43 bits per heavy atom. The molecule has 1 aliphatic rings. The summed E-state index contributed by atoms with van der Waals surface area (Å²) < 4.78 is 0. The topological polar surface area (TPSA) is 61.9 Å². The molecule has 0 spiro atoms. The van der Waals surface area contributed by atoms with Crippen molar-refractivity contribution in [2.45, 2.75) is 12.8 Å². The zero-order valence-electron chi connectivity index (χ0n) is 7.85. The van der Waals surface area contributed by atoms with Crippen LogP contribution in [-0.4, -0.2) is 17.7 Å². The molecule has 1 aromatic carbocycles. The van der Waals surface area contributed by atoms with Gasteiger partial charge in [0.2, 0.25) is 5.96 Å². The number of oxime groups is 1. The highest BCUT2D eigenvalue weighted by Crippen LogP contribution is 2.25. The van der Waals surface area contributed by atoms with Crippen LogP contribution in [0.15, 0.2) is 29.4 Å². The van der Waals surface area contributed by atoms with Gasteiger partial charge < -0.3 is 15.8 Å². The summed E-state index contributed by atoms with van der Waals surface area (Å²) in [6.45, 7) is 0.812. The molecule has 0 unspecified atom stereocenters. The standard InChI is InChI=1S/C10H13N3O/c11-10(12-14)13-7-3-5-8-4-1-2-6-9(8)13/h1-2,4,6,14H,3,5,7H2,(H2,11,12). The first-order valence-corrected chi connectivity index (χ1v) is 4.66. The van der Waals surface area contributed by atoms with Crippen LogP contribution >= 0.6 is 0 Å². The molecule has 1 aliphatic heterocycles. The summed E-state index contributed by atoms with van der Waals surface area (Å²) in [5.74, 6) is 0.164. The molecule has 0 bridgehead atoms. The third-order valence-electron chi connectivity index (χ3n) is 2.49. The number of fused-ring (bicyclic) bond motifs is 1. The fourth-order valence-electron chi connectivity index (χ4n) is 1.83. The number of nitrogens with zero attached hydrogens (tertiary/aromatic N) is 2. The van der Waals surface area contributed by atoms with Crippen LogP contribution in [0.4, 0.5) is 5.69 Å². The Hall–Kier alpha value is -1.71. The summed E-state index contributed by atoms with van der Waals surface area (Å²) in [5.41, 5.74) is 7.89. The molecule has 0 saturated carbocycles. The minimum absolute atomic E-state index is 0.164. The minimum Gasteiger partial charge on any atom is -0.408 e. The van der Waals surface area contributed by atoms with Gasteiger partial charge in [0.05, 0.1) is 0 Å². The van der Waals surface area contributed by atoms with Gasteiger partial charge in [-0.3, -0.25) is 0 Å². The first-order chi connectivity index (χ1) is 6.83.